The molecule has 0 aliphatic rings. The average Bonchev–Trinajstić information content (AvgIpc) is 1.35. The van der Waals surface area contributed by atoms with Crippen molar-refractivity contribution < 1.29 is 12.3 Å². The van der Waals surface area contributed by atoms with Crippen LogP contribution in [0.5, 0.6) is 0 Å². The molecule has 0 N–H and O–H groups in total. The Kier molecular flexibility index (Phi) is 1.29. The first-order valence-electron chi connectivity index (χ1n) is 1.13. The minimum atomic E-state index is -4.40. The molecule has 0 saturated carbocycles. The number of halogens is 1. The topological polar surface area (TPSA) is 34.1 Å². The molecule has 0 aliphatic carbocycles. The fraction of sp³-hybridized carbons (Fsp3) is 0. The Bertz CT molecular complexity index is 122. The van der Waals surface area contributed by atoms with E-state index in [2.05, 4.69) is 6.58 Å². The van der Waals surface area contributed by atoms with Gasteiger partial charge in [-0.15, -0.1) is 3.89 Å². The molecule has 0 bridgehead atoms. The molecule has 0 aromatic heterocycles. The van der Waals surface area contributed by atoms with Gasteiger partial charge >= 0.3 is 10.2 Å². The largest absolute Gasteiger partial charge is 0.324 e. The van der Waals surface area contributed by atoms with Crippen LogP contribution in [-0.4, -0.2) is 8.42 Å². The maximum absolute atomic E-state index is 11.0. The molecule has 0 aromatic carbocycles. The molecule has 0 aromatic rings. The van der Waals surface area contributed by atoms with Gasteiger partial charge < -0.3 is 0 Å². The third-order valence-corrected chi connectivity index (χ3v) is 0.597. The van der Waals surface area contributed by atoms with Crippen LogP contribution >= 0.6 is 0 Å². The molecule has 0 radical (unpaired) electrons. The molecule has 0 saturated heterocycles. The summed E-state index contributed by atoms with van der Waals surface area (Å²) in [6.45, 7) is 2.67. The molecule has 0 unspecified atom stereocenters. The maximum atomic E-state index is 11.0. The van der Waals surface area contributed by atoms with Crippen LogP contribution in [0.15, 0.2) is 12.0 Å². The van der Waals surface area contributed by atoms with Gasteiger partial charge in [0.1, 0.15) is 0 Å². The Morgan fingerprint density at radius 2 is 1.83 bits per heavy atom. The Morgan fingerprint density at radius 1 is 1.67 bits per heavy atom. The van der Waals surface area contributed by atoms with Crippen LogP contribution in [0.4, 0.5) is 3.89 Å². The number of rotatable bonds is 1. The number of hydrogen-bond donors (Lipinski definition) is 0. The SMILES string of the molecule is C=CS(=O)(=O)[18F]. The highest BCUT2D eigenvalue weighted by molar-refractivity contribution is 7.89. The molecule has 36 valence electrons. The van der Waals surface area contributed by atoms with Crippen LogP contribution < -0.4 is 0 Å². The summed E-state index contributed by atoms with van der Waals surface area (Å²) in [7, 11) is -4.40. The van der Waals surface area contributed by atoms with E-state index in [1.54, 1.807) is 0 Å². The molecule has 4 heteroatoms. The van der Waals surface area contributed by atoms with Crippen molar-refractivity contribution >= 4 is 10.2 Å². The van der Waals surface area contributed by atoms with E-state index in [9.17, 15) is 12.3 Å². The van der Waals surface area contributed by atoms with Crippen molar-refractivity contribution in [3.05, 3.63) is 12.0 Å². The van der Waals surface area contributed by atoms with Crippen molar-refractivity contribution in [2.24, 2.45) is 0 Å². The van der Waals surface area contributed by atoms with E-state index in [1.807, 2.05) is 0 Å². The normalized spacial score (nSPS) is 10.8. The summed E-state index contributed by atoms with van der Waals surface area (Å²) in [5.74, 6) is 0. The second-order valence-corrected chi connectivity index (χ2v) is 1.93. The van der Waals surface area contributed by atoms with Crippen molar-refractivity contribution in [3.8, 4) is 0 Å². The summed E-state index contributed by atoms with van der Waals surface area (Å²) in [6, 6.07) is 0. The maximum Gasteiger partial charge on any atom is 0.324 e. The predicted molar refractivity (Wildman–Crippen MR) is 20.2 cm³/mol. The van der Waals surface area contributed by atoms with Gasteiger partial charge in [0.25, 0.3) is 0 Å². The molecule has 0 heterocycles. The Labute approximate surface area is 35.5 Å². The van der Waals surface area contributed by atoms with Crippen molar-refractivity contribution in [1.82, 2.24) is 0 Å². The molecule has 0 atom stereocenters. The van der Waals surface area contributed by atoms with E-state index in [4.69, 9.17) is 0 Å². The Morgan fingerprint density at radius 3 is 1.83 bits per heavy atom. The lowest BCUT2D eigenvalue weighted by Gasteiger charge is -1.68. The third kappa shape index (κ3) is 3.62. The minimum absolute atomic E-state index is 0.243. The molecule has 0 amide bonds. The van der Waals surface area contributed by atoms with Crippen molar-refractivity contribution in [3.63, 3.8) is 0 Å². The van der Waals surface area contributed by atoms with E-state index in [0.29, 0.717) is 0 Å². The summed E-state index contributed by atoms with van der Waals surface area (Å²) in [6.07, 6.45) is 0. The lowest BCUT2D eigenvalue weighted by molar-refractivity contribution is 0.563. The summed E-state index contributed by atoms with van der Waals surface area (Å²) in [5, 5.41) is 0.243. The first-order valence-corrected chi connectivity index (χ1v) is 2.58. The lowest BCUT2D eigenvalue weighted by atomic mass is 11.3. The third-order valence-electron chi connectivity index (χ3n) is 0.199. The quantitative estimate of drug-likeness (QED) is 0.457. The van der Waals surface area contributed by atoms with Crippen LogP contribution in [-0.2, 0) is 10.2 Å². The monoisotopic (exact) mass is 109 g/mol. The molecule has 0 fully saturated rings. The smallest absolute Gasteiger partial charge is 0.190 e. The molecular weight excluding hydrogens is 106 g/mol. The summed E-state index contributed by atoms with van der Waals surface area (Å²) in [5.41, 5.74) is 0. The standard InChI is InChI=1S/C2H3FO2S/c1-2-6(3,4)5/h2H,1H2/i3-1. The molecule has 0 rings (SSSR count). The summed E-state index contributed by atoms with van der Waals surface area (Å²) in [4.78, 5) is 0. The summed E-state index contributed by atoms with van der Waals surface area (Å²) >= 11 is 0. The van der Waals surface area contributed by atoms with E-state index < -0.39 is 10.2 Å². The van der Waals surface area contributed by atoms with Gasteiger partial charge in [-0.2, -0.15) is 8.42 Å². The van der Waals surface area contributed by atoms with E-state index in [0.717, 1.165) is 0 Å². The van der Waals surface area contributed by atoms with Crippen molar-refractivity contribution in [2.45, 2.75) is 0 Å². The van der Waals surface area contributed by atoms with Gasteiger partial charge in [-0.1, -0.05) is 6.58 Å². The van der Waals surface area contributed by atoms with Gasteiger partial charge in [0.05, 0.1) is 5.41 Å². The minimum Gasteiger partial charge on any atom is -0.190 e. The molecule has 6 heavy (non-hydrogen) atoms. The number of hydrogen-bond acceptors (Lipinski definition) is 2. The average molecular weight is 109 g/mol. The van der Waals surface area contributed by atoms with Crippen LogP contribution in [0, 0.1) is 0 Å². The van der Waals surface area contributed by atoms with Gasteiger partial charge in [0.2, 0.25) is 0 Å². The fourth-order valence-corrected chi connectivity index (χ4v) is 0. The predicted octanol–water partition coefficient (Wildman–Crippen LogP) is 0.429. The highest BCUT2D eigenvalue weighted by Crippen LogP contribution is 1.86. The molecule has 0 spiro atoms. The van der Waals surface area contributed by atoms with Crippen molar-refractivity contribution in [1.29, 1.82) is 0 Å². The van der Waals surface area contributed by atoms with Crippen LogP contribution in [0.3, 0.4) is 0 Å². The Balaban J connectivity index is 4.25. The van der Waals surface area contributed by atoms with Gasteiger partial charge in [-0.05, 0) is 0 Å². The highest BCUT2D eigenvalue weighted by atomic mass is 32.2. The molecular formula is C2H3FO2S. The van der Waals surface area contributed by atoms with Crippen LogP contribution in [0.1, 0.15) is 0 Å². The first-order chi connectivity index (χ1) is 2.56. The molecule has 0 aliphatic heterocycles. The Hall–Kier alpha value is -0.380. The first kappa shape index (κ1) is 5.62. The van der Waals surface area contributed by atoms with Gasteiger partial charge in [0, 0.05) is 0 Å². The van der Waals surface area contributed by atoms with Gasteiger partial charge in [-0.25, -0.2) is 0 Å². The zero-order valence-electron chi connectivity index (χ0n) is 2.89. The van der Waals surface area contributed by atoms with Gasteiger partial charge in [0.15, 0.2) is 0 Å². The zero-order chi connectivity index (χ0) is 5.21. The van der Waals surface area contributed by atoms with Crippen LogP contribution in [0.2, 0.25) is 0 Å². The second kappa shape index (κ2) is 1.38. The van der Waals surface area contributed by atoms with Gasteiger partial charge in [-0.3, -0.25) is 0 Å². The van der Waals surface area contributed by atoms with E-state index >= 15 is 0 Å². The lowest BCUT2D eigenvalue weighted by Crippen LogP contribution is -1.76. The van der Waals surface area contributed by atoms with Crippen molar-refractivity contribution in [2.75, 3.05) is 0 Å². The zero-order valence-corrected chi connectivity index (χ0v) is 3.70. The summed E-state index contributed by atoms with van der Waals surface area (Å²) < 4.78 is 29.4. The van der Waals surface area contributed by atoms with E-state index in [1.165, 1.54) is 0 Å². The highest BCUT2D eigenvalue weighted by Gasteiger charge is 1.92. The van der Waals surface area contributed by atoms with Crippen LogP contribution in [0.25, 0.3) is 0 Å². The van der Waals surface area contributed by atoms with E-state index in [-0.39, 0.29) is 5.41 Å². The fourth-order valence-electron chi connectivity index (χ4n) is 0. The second-order valence-electron chi connectivity index (χ2n) is 0.642. The molecule has 2 nitrogen and oxygen atoms in total.